The number of rotatable bonds is 5. The number of likely N-dealkylation sites (tertiary alicyclic amines) is 1. The van der Waals surface area contributed by atoms with Gasteiger partial charge in [-0.25, -0.2) is 4.79 Å². The number of carbonyl (C=O) groups is 1. The van der Waals surface area contributed by atoms with Crippen LogP contribution in [0.4, 0.5) is 4.79 Å². The third-order valence-corrected chi connectivity index (χ3v) is 6.24. The van der Waals surface area contributed by atoms with Crippen LogP contribution in [-0.2, 0) is 0 Å². The molecule has 1 aliphatic rings. The lowest BCUT2D eigenvalue weighted by Gasteiger charge is -2.43. The number of hydrogen-bond donors (Lipinski definition) is 4. The summed E-state index contributed by atoms with van der Waals surface area (Å²) in [4.78, 5) is 14.0. The second kappa shape index (κ2) is 8.27. The van der Waals surface area contributed by atoms with Crippen molar-refractivity contribution in [3.63, 3.8) is 0 Å². The Labute approximate surface area is 170 Å². The molecule has 0 spiro atoms. The van der Waals surface area contributed by atoms with Gasteiger partial charge in [-0.15, -0.1) is 0 Å². The van der Waals surface area contributed by atoms with Crippen molar-refractivity contribution in [1.29, 1.82) is 0 Å². The summed E-state index contributed by atoms with van der Waals surface area (Å²) in [5.74, 6) is 0.249. The fourth-order valence-electron chi connectivity index (χ4n) is 4.06. The van der Waals surface area contributed by atoms with Crippen LogP contribution < -0.4 is 5.32 Å². The van der Waals surface area contributed by atoms with Gasteiger partial charge in [-0.05, 0) is 43.2 Å². The maximum absolute atomic E-state index is 12.3. The van der Waals surface area contributed by atoms with E-state index in [1.807, 2.05) is 6.07 Å². The number of piperidine rings is 1. The van der Waals surface area contributed by atoms with Gasteiger partial charge in [0.15, 0.2) is 0 Å². The first-order valence-electron chi connectivity index (χ1n) is 9.71. The molecule has 28 heavy (non-hydrogen) atoms. The number of aromatic amines is 1. The summed E-state index contributed by atoms with van der Waals surface area (Å²) in [5.41, 5.74) is 1.16. The van der Waals surface area contributed by atoms with Crippen LogP contribution in [-0.4, -0.2) is 57.1 Å². The number of benzene rings is 1. The first kappa shape index (κ1) is 20.9. The molecule has 0 saturated carbocycles. The summed E-state index contributed by atoms with van der Waals surface area (Å²) in [6.07, 6.45) is 2.60. The highest BCUT2D eigenvalue weighted by Gasteiger charge is 2.40. The number of halogens is 1. The van der Waals surface area contributed by atoms with Gasteiger partial charge in [-0.3, -0.25) is 5.10 Å². The molecule has 4 N–H and O–H groups in total. The van der Waals surface area contributed by atoms with Crippen molar-refractivity contribution >= 4 is 28.5 Å². The first-order chi connectivity index (χ1) is 13.2. The lowest BCUT2D eigenvalue weighted by Crippen LogP contribution is -2.49. The van der Waals surface area contributed by atoms with Crippen molar-refractivity contribution in [2.45, 2.75) is 45.8 Å². The number of nitrogens with zero attached hydrogens (tertiary/aromatic N) is 2. The lowest BCUT2D eigenvalue weighted by molar-refractivity contribution is -0.0144. The van der Waals surface area contributed by atoms with E-state index in [0.717, 1.165) is 29.3 Å². The van der Waals surface area contributed by atoms with Crippen LogP contribution in [0, 0.1) is 11.3 Å². The normalized spacial score (nSPS) is 18.3. The first-order valence-corrected chi connectivity index (χ1v) is 10.1. The van der Waals surface area contributed by atoms with Crippen molar-refractivity contribution in [2.75, 3.05) is 19.7 Å². The number of amides is 2. The zero-order valence-electron chi connectivity index (χ0n) is 16.6. The average Bonchev–Trinajstić information content (AvgIpc) is 3.14. The molecule has 0 aliphatic carbocycles. The molecule has 0 radical (unpaired) electrons. The second-order valence-electron chi connectivity index (χ2n) is 8.35. The average molecular weight is 409 g/mol. The molecule has 3 rings (SSSR count). The van der Waals surface area contributed by atoms with E-state index in [2.05, 4.69) is 29.4 Å². The highest BCUT2D eigenvalue weighted by molar-refractivity contribution is 6.31. The van der Waals surface area contributed by atoms with Crippen LogP contribution in [0.15, 0.2) is 18.3 Å². The number of urea groups is 1. The molecule has 8 heteroatoms. The van der Waals surface area contributed by atoms with Crippen LogP contribution in [0.1, 0.15) is 45.3 Å². The third kappa shape index (κ3) is 4.11. The van der Waals surface area contributed by atoms with E-state index in [1.54, 1.807) is 24.1 Å². The van der Waals surface area contributed by atoms with Gasteiger partial charge in [0.2, 0.25) is 0 Å². The monoisotopic (exact) mass is 408 g/mol. The lowest BCUT2D eigenvalue weighted by atomic mass is 9.68. The Morgan fingerprint density at radius 3 is 2.75 bits per heavy atom. The van der Waals surface area contributed by atoms with E-state index >= 15 is 0 Å². The van der Waals surface area contributed by atoms with Gasteiger partial charge >= 0.3 is 6.03 Å². The van der Waals surface area contributed by atoms with E-state index in [1.165, 1.54) is 0 Å². The Morgan fingerprint density at radius 2 is 2.11 bits per heavy atom. The van der Waals surface area contributed by atoms with Crippen LogP contribution in [0.5, 0.6) is 0 Å². The molecule has 2 aromatic rings. The number of aromatic nitrogens is 2. The maximum atomic E-state index is 12.3. The van der Waals surface area contributed by atoms with E-state index in [-0.39, 0.29) is 24.6 Å². The smallest absolute Gasteiger partial charge is 0.317 e. The Kier molecular flexibility index (Phi) is 6.17. The SMILES string of the molecule is CC(CO)NC(=O)N1CCC(C(C)(C)[C@H](O)c2cc(Cl)cc3cn[nH]c23)CC1. The number of aliphatic hydroxyl groups excluding tert-OH is 2. The number of carbonyl (C=O) groups excluding carboxylic acids is 1. The molecule has 2 atom stereocenters. The molecule has 2 heterocycles. The number of hydrogen-bond acceptors (Lipinski definition) is 4. The Morgan fingerprint density at radius 1 is 1.43 bits per heavy atom. The molecule has 0 bridgehead atoms. The van der Waals surface area contributed by atoms with E-state index in [9.17, 15) is 9.90 Å². The third-order valence-electron chi connectivity index (χ3n) is 6.02. The zero-order chi connectivity index (χ0) is 20.5. The van der Waals surface area contributed by atoms with Crippen LogP contribution in [0.25, 0.3) is 10.9 Å². The summed E-state index contributed by atoms with van der Waals surface area (Å²) in [7, 11) is 0. The van der Waals surface area contributed by atoms with Gasteiger partial charge in [0.1, 0.15) is 0 Å². The summed E-state index contributed by atoms with van der Waals surface area (Å²) >= 11 is 6.25. The number of nitrogens with one attached hydrogen (secondary N) is 2. The molecule has 154 valence electrons. The minimum atomic E-state index is -0.714. The topological polar surface area (TPSA) is 101 Å². The molecule has 2 amide bonds. The molecule has 1 fully saturated rings. The quantitative estimate of drug-likeness (QED) is 0.610. The molecule has 7 nitrogen and oxygen atoms in total. The summed E-state index contributed by atoms with van der Waals surface area (Å²) in [5, 5.41) is 31.6. The largest absolute Gasteiger partial charge is 0.394 e. The van der Waals surface area contributed by atoms with E-state index < -0.39 is 11.5 Å². The van der Waals surface area contributed by atoms with Gasteiger partial charge in [0, 0.05) is 29.1 Å². The van der Waals surface area contributed by atoms with Crippen LogP contribution in [0.2, 0.25) is 5.02 Å². The summed E-state index contributed by atoms with van der Waals surface area (Å²) < 4.78 is 0. The van der Waals surface area contributed by atoms with E-state index in [4.69, 9.17) is 16.7 Å². The highest BCUT2D eigenvalue weighted by atomic mass is 35.5. The number of fused-ring (bicyclic) bond motifs is 1. The molecule has 1 unspecified atom stereocenters. The molecule has 1 saturated heterocycles. The predicted octanol–water partition coefficient (Wildman–Crippen LogP) is 3.08. The van der Waals surface area contributed by atoms with E-state index in [0.29, 0.717) is 18.1 Å². The Balaban J connectivity index is 1.71. The van der Waals surface area contributed by atoms with Crippen molar-refractivity contribution < 1.29 is 15.0 Å². The highest BCUT2D eigenvalue weighted by Crippen LogP contribution is 2.46. The van der Waals surface area contributed by atoms with Gasteiger partial charge in [-0.2, -0.15) is 5.10 Å². The van der Waals surface area contributed by atoms with Crippen molar-refractivity contribution in [3.05, 3.63) is 28.9 Å². The van der Waals surface area contributed by atoms with Gasteiger partial charge < -0.3 is 20.4 Å². The fraction of sp³-hybridized carbons (Fsp3) is 0.600. The Hall–Kier alpha value is -1.83. The predicted molar refractivity (Wildman–Crippen MR) is 109 cm³/mol. The molecular formula is C20H29ClN4O3. The number of H-pyrrole nitrogens is 1. The minimum absolute atomic E-state index is 0.0802. The maximum Gasteiger partial charge on any atom is 0.317 e. The molecule has 1 aromatic carbocycles. The van der Waals surface area contributed by atoms with Crippen molar-refractivity contribution in [3.8, 4) is 0 Å². The van der Waals surface area contributed by atoms with Gasteiger partial charge in [0.05, 0.1) is 30.5 Å². The van der Waals surface area contributed by atoms with Crippen molar-refractivity contribution in [2.24, 2.45) is 11.3 Å². The van der Waals surface area contributed by atoms with Gasteiger partial charge in [0.25, 0.3) is 0 Å². The Bertz CT molecular complexity index is 830. The molecule has 1 aromatic heterocycles. The minimum Gasteiger partial charge on any atom is -0.394 e. The zero-order valence-corrected chi connectivity index (χ0v) is 17.3. The van der Waals surface area contributed by atoms with Crippen LogP contribution in [0.3, 0.4) is 0 Å². The van der Waals surface area contributed by atoms with Crippen molar-refractivity contribution in [1.82, 2.24) is 20.4 Å². The summed E-state index contributed by atoms with van der Waals surface area (Å²) in [6.45, 7) is 7.07. The van der Waals surface area contributed by atoms with Gasteiger partial charge in [-0.1, -0.05) is 25.4 Å². The second-order valence-corrected chi connectivity index (χ2v) is 8.78. The summed E-state index contributed by atoms with van der Waals surface area (Å²) in [6, 6.07) is 3.22. The fourth-order valence-corrected chi connectivity index (χ4v) is 4.30. The molecule has 1 aliphatic heterocycles. The standard InChI is InChI=1S/C20H29ClN4O3/c1-12(11-26)23-19(28)25-6-4-14(5-7-25)20(2,3)18(27)16-9-15(21)8-13-10-22-24-17(13)16/h8-10,12,14,18,26-27H,4-7,11H2,1-3H3,(H,22,24)(H,23,28)/t12?,18-/m1/s1. The molecular weight excluding hydrogens is 380 g/mol. The number of aliphatic hydroxyl groups is 2. The van der Waals surface area contributed by atoms with Crippen LogP contribution >= 0.6 is 11.6 Å².